The fourth-order valence-electron chi connectivity index (χ4n) is 8.92. The van der Waals surface area contributed by atoms with E-state index in [1.54, 1.807) is 0 Å². The Hall–Kier alpha value is -7.42. The molecule has 1 heterocycles. The van der Waals surface area contributed by atoms with Gasteiger partial charge in [-0.1, -0.05) is 164 Å². The van der Waals surface area contributed by atoms with Crippen LogP contribution in [-0.4, -0.2) is 4.57 Å². The van der Waals surface area contributed by atoms with E-state index >= 15 is 0 Å². The Morgan fingerprint density at radius 2 is 0.804 bits per heavy atom. The number of hydrogen-bond donors (Lipinski definition) is 0. The van der Waals surface area contributed by atoms with E-state index in [2.05, 4.69) is 228 Å². The summed E-state index contributed by atoms with van der Waals surface area (Å²) in [6.07, 6.45) is 0. The van der Waals surface area contributed by atoms with Gasteiger partial charge in [0.15, 0.2) is 0 Å². The largest absolute Gasteiger partial charge is 0.310 e. The number of rotatable bonds is 6. The minimum atomic E-state index is 1.12. The van der Waals surface area contributed by atoms with Crippen molar-refractivity contribution in [3.63, 3.8) is 0 Å². The molecular weight excluding hydrogens is 677 g/mol. The van der Waals surface area contributed by atoms with Crippen LogP contribution >= 0.6 is 0 Å². The lowest BCUT2D eigenvalue weighted by Gasteiger charge is -2.27. The van der Waals surface area contributed by atoms with Gasteiger partial charge in [-0.25, -0.2) is 0 Å². The number of nitrogens with zero attached hydrogens (tertiary/aromatic N) is 2. The molecule has 262 valence electrons. The predicted octanol–water partition coefficient (Wildman–Crippen LogP) is 15.0. The minimum Gasteiger partial charge on any atom is -0.310 e. The van der Waals surface area contributed by atoms with Crippen LogP contribution in [0.3, 0.4) is 0 Å². The molecule has 0 unspecified atom stereocenters. The van der Waals surface area contributed by atoms with Crippen LogP contribution in [0.5, 0.6) is 0 Å². The molecule has 0 aliphatic carbocycles. The van der Waals surface area contributed by atoms with Crippen LogP contribution in [0.1, 0.15) is 0 Å². The summed E-state index contributed by atoms with van der Waals surface area (Å²) < 4.78 is 2.41. The second-order valence-electron chi connectivity index (χ2n) is 14.5. The van der Waals surface area contributed by atoms with Crippen LogP contribution in [0.4, 0.5) is 17.1 Å². The van der Waals surface area contributed by atoms with Gasteiger partial charge in [0.1, 0.15) is 0 Å². The van der Waals surface area contributed by atoms with E-state index in [9.17, 15) is 0 Å². The lowest BCUT2D eigenvalue weighted by molar-refractivity contribution is 1.18. The molecule has 0 amide bonds. The van der Waals surface area contributed by atoms with E-state index in [0.29, 0.717) is 0 Å². The van der Waals surface area contributed by atoms with Gasteiger partial charge in [0, 0.05) is 33.2 Å². The first kappa shape index (κ1) is 32.0. The summed E-state index contributed by atoms with van der Waals surface area (Å²) in [6, 6.07) is 79.4. The fourth-order valence-corrected chi connectivity index (χ4v) is 8.92. The third-order valence-corrected chi connectivity index (χ3v) is 11.3. The Morgan fingerprint density at radius 3 is 1.46 bits per heavy atom. The molecule has 0 aliphatic heterocycles. The molecule has 0 aliphatic rings. The van der Waals surface area contributed by atoms with Crippen molar-refractivity contribution in [3.8, 4) is 27.9 Å². The Morgan fingerprint density at radius 1 is 0.304 bits per heavy atom. The van der Waals surface area contributed by atoms with Crippen molar-refractivity contribution in [3.05, 3.63) is 218 Å². The van der Waals surface area contributed by atoms with Crippen molar-refractivity contribution in [2.75, 3.05) is 4.90 Å². The summed E-state index contributed by atoms with van der Waals surface area (Å²) in [5, 5.41) is 9.94. The molecule has 11 rings (SSSR count). The second-order valence-corrected chi connectivity index (χ2v) is 14.5. The Kier molecular flexibility index (Phi) is 7.53. The van der Waals surface area contributed by atoms with Gasteiger partial charge in [-0.05, 0) is 104 Å². The first-order valence-electron chi connectivity index (χ1n) is 19.3. The summed E-state index contributed by atoms with van der Waals surface area (Å²) >= 11 is 0. The third kappa shape index (κ3) is 5.11. The maximum atomic E-state index is 2.41. The summed E-state index contributed by atoms with van der Waals surface area (Å²) in [6.45, 7) is 0. The molecule has 0 fully saturated rings. The zero-order chi connectivity index (χ0) is 37.0. The van der Waals surface area contributed by atoms with Crippen LogP contribution in [0, 0.1) is 0 Å². The monoisotopic (exact) mass is 712 g/mol. The topological polar surface area (TPSA) is 8.17 Å². The smallest absolute Gasteiger partial charge is 0.0542 e. The highest BCUT2D eigenvalue weighted by Crippen LogP contribution is 2.45. The van der Waals surface area contributed by atoms with E-state index in [1.807, 2.05) is 0 Å². The summed E-state index contributed by atoms with van der Waals surface area (Å²) in [4.78, 5) is 2.39. The van der Waals surface area contributed by atoms with Crippen molar-refractivity contribution < 1.29 is 0 Å². The van der Waals surface area contributed by atoms with Gasteiger partial charge in [-0.2, -0.15) is 0 Å². The van der Waals surface area contributed by atoms with Gasteiger partial charge in [0.25, 0.3) is 0 Å². The minimum absolute atomic E-state index is 1.12. The molecule has 0 radical (unpaired) electrons. The quantitative estimate of drug-likeness (QED) is 0.156. The summed E-state index contributed by atoms with van der Waals surface area (Å²) in [7, 11) is 0. The maximum Gasteiger partial charge on any atom is 0.0542 e. The molecule has 10 aromatic carbocycles. The van der Waals surface area contributed by atoms with Gasteiger partial charge in [-0.15, -0.1) is 0 Å². The van der Waals surface area contributed by atoms with Crippen molar-refractivity contribution in [2.45, 2.75) is 0 Å². The molecular formula is C54H36N2. The van der Waals surface area contributed by atoms with Crippen molar-refractivity contribution in [2.24, 2.45) is 0 Å². The van der Waals surface area contributed by atoms with Crippen LogP contribution in [-0.2, 0) is 0 Å². The zero-order valence-corrected chi connectivity index (χ0v) is 30.7. The molecule has 0 spiro atoms. The lowest BCUT2D eigenvalue weighted by atomic mass is 9.86. The maximum absolute atomic E-state index is 2.41. The molecule has 0 saturated heterocycles. The molecule has 0 saturated carbocycles. The van der Waals surface area contributed by atoms with Crippen molar-refractivity contribution in [1.82, 2.24) is 4.57 Å². The predicted molar refractivity (Wildman–Crippen MR) is 239 cm³/mol. The zero-order valence-electron chi connectivity index (χ0n) is 30.7. The van der Waals surface area contributed by atoms with Gasteiger partial charge in [-0.3, -0.25) is 0 Å². The molecule has 2 heteroatoms. The SMILES string of the molecule is c1ccc(-c2c3ccccc3c(-c3ccc(-n4c5ccccc5c5cc(N(c6ccccc6)c6cccc7ccccc67)ccc54)cc3)c3ccccc23)cc1. The van der Waals surface area contributed by atoms with E-state index in [0.717, 1.165) is 22.7 Å². The number of fused-ring (bicyclic) bond motifs is 6. The normalized spacial score (nSPS) is 11.6. The number of benzene rings is 10. The molecule has 11 aromatic rings. The number of anilines is 3. The average molecular weight is 713 g/mol. The van der Waals surface area contributed by atoms with Gasteiger partial charge < -0.3 is 9.47 Å². The Bertz CT molecular complexity index is 3170. The van der Waals surface area contributed by atoms with Crippen LogP contribution < -0.4 is 4.90 Å². The molecule has 1 aromatic heterocycles. The highest BCUT2D eigenvalue weighted by atomic mass is 15.1. The standard InChI is InChI=1S/C54H36N2/c1-3-17-38(18-4-1)53-45-24-9-11-26-47(45)54(48-27-12-10-25-46(48)53)39-30-32-41(33-31-39)56-51-28-14-13-23-44(51)49-36-42(34-35-52(49)56)55(40-20-5-2-6-21-40)50-29-15-19-37-16-7-8-22-43(37)50/h1-36H. The highest BCUT2D eigenvalue weighted by Gasteiger charge is 2.20. The van der Waals surface area contributed by atoms with Crippen LogP contribution in [0.15, 0.2) is 218 Å². The Balaban J connectivity index is 1.08. The fraction of sp³-hybridized carbons (Fsp3) is 0. The average Bonchev–Trinajstić information content (AvgIpc) is 3.60. The van der Waals surface area contributed by atoms with Gasteiger partial charge in [0.05, 0.1) is 16.7 Å². The number of hydrogen-bond acceptors (Lipinski definition) is 1. The lowest BCUT2D eigenvalue weighted by Crippen LogP contribution is -2.10. The van der Waals surface area contributed by atoms with E-state index in [-0.39, 0.29) is 0 Å². The summed E-state index contributed by atoms with van der Waals surface area (Å²) in [5.74, 6) is 0. The molecule has 0 atom stereocenters. The number of aromatic nitrogens is 1. The summed E-state index contributed by atoms with van der Waals surface area (Å²) in [5.41, 5.74) is 11.9. The first-order valence-corrected chi connectivity index (χ1v) is 19.3. The second kappa shape index (κ2) is 13.2. The van der Waals surface area contributed by atoms with Crippen LogP contribution in [0.2, 0.25) is 0 Å². The van der Waals surface area contributed by atoms with E-state index in [4.69, 9.17) is 0 Å². The molecule has 0 N–H and O–H groups in total. The van der Waals surface area contributed by atoms with E-state index in [1.165, 1.54) is 76.4 Å². The van der Waals surface area contributed by atoms with Gasteiger partial charge in [0.2, 0.25) is 0 Å². The van der Waals surface area contributed by atoms with Gasteiger partial charge >= 0.3 is 0 Å². The number of para-hydroxylation sites is 2. The van der Waals surface area contributed by atoms with Crippen LogP contribution in [0.25, 0.3) is 82.1 Å². The van der Waals surface area contributed by atoms with E-state index < -0.39 is 0 Å². The first-order chi connectivity index (χ1) is 27.8. The van der Waals surface area contributed by atoms with Crippen molar-refractivity contribution in [1.29, 1.82) is 0 Å². The highest BCUT2D eigenvalue weighted by molar-refractivity contribution is 6.21. The Labute approximate surface area is 325 Å². The molecule has 2 nitrogen and oxygen atoms in total. The molecule has 56 heavy (non-hydrogen) atoms. The third-order valence-electron chi connectivity index (χ3n) is 11.3. The van der Waals surface area contributed by atoms with Crippen molar-refractivity contribution >= 4 is 71.2 Å². The molecule has 0 bridgehead atoms.